The Morgan fingerprint density at radius 1 is 1.33 bits per heavy atom. The minimum absolute atomic E-state index is 0.0976. The van der Waals surface area contributed by atoms with Crippen molar-refractivity contribution in [2.75, 3.05) is 0 Å². The number of furan rings is 1. The number of nitrogens with zero attached hydrogens (tertiary/aromatic N) is 2. The van der Waals surface area contributed by atoms with Gasteiger partial charge in [0.05, 0.1) is 11.5 Å². The van der Waals surface area contributed by atoms with E-state index in [-0.39, 0.29) is 5.76 Å². The van der Waals surface area contributed by atoms with Gasteiger partial charge in [0.15, 0.2) is 5.75 Å². The van der Waals surface area contributed by atoms with Gasteiger partial charge in [0.2, 0.25) is 11.6 Å². The highest BCUT2D eigenvalue weighted by Gasteiger charge is 2.16. The molecule has 1 atom stereocenters. The van der Waals surface area contributed by atoms with Crippen LogP contribution in [-0.2, 0) is 0 Å². The molecule has 1 N–H and O–H groups in total. The van der Waals surface area contributed by atoms with Gasteiger partial charge >= 0.3 is 0 Å². The molecule has 1 aromatic carbocycles. The second kappa shape index (κ2) is 5.27. The summed E-state index contributed by atoms with van der Waals surface area (Å²) in [5, 5.41) is 19.5. The highest BCUT2D eigenvalue weighted by molar-refractivity contribution is 5.86. The molecule has 0 aliphatic carbocycles. The molecule has 104 valence electrons. The summed E-state index contributed by atoms with van der Waals surface area (Å²) in [6.07, 6.45) is 0.929. The standard InChI is InChI=1S/C16H12N2O3/c1-10(19)11-6-7-18-15(8-11)21-16-12-4-2-3-5-13(12)20-14(16)9-17/h2-8,10,19H,1H3. The maximum Gasteiger partial charge on any atom is 0.247 e. The van der Waals surface area contributed by atoms with Crippen molar-refractivity contribution in [1.82, 2.24) is 4.98 Å². The van der Waals surface area contributed by atoms with E-state index in [4.69, 9.17) is 14.4 Å². The summed E-state index contributed by atoms with van der Waals surface area (Å²) in [7, 11) is 0. The van der Waals surface area contributed by atoms with Gasteiger partial charge in [-0.05, 0) is 30.7 Å². The van der Waals surface area contributed by atoms with E-state index in [9.17, 15) is 5.11 Å². The molecule has 0 aliphatic rings. The van der Waals surface area contributed by atoms with Crippen LogP contribution in [0.1, 0.15) is 24.4 Å². The Kier molecular flexibility index (Phi) is 3.30. The zero-order valence-electron chi connectivity index (χ0n) is 11.3. The zero-order valence-corrected chi connectivity index (χ0v) is 11.3. The zero-order chi connectivity index (χ0) is 14.8. The molecular formula is C16H12N2O3. The quantitative estimate of drug-likeness (QED) is 0.793. The van der Waals surface area contributed by atoms with Crippen LogP contribution in [0.4, 0.5) is 0 Å². The summed E-state index contributed by atoms with van der Waals surface area (Å²) >= 11 is 0. The molecule has 5 nitrogen and oxygen atoms in total. The van der Waals surface area contributed by atoms with Gasteiger partial charge in [0, 0.05) is 12.3 Å². The minimum atomic E-state index is -0.619. The third-order valence-corrected chi connectivity index (χ3v) is 3.10. The normalized spacial score (nSPS) is 12.0. The number of nitriles is 1. The van der Waals surface area contributed by atoms with E-state index in [2.05, 4.69) is 4.98 Å². The molecule has 0 aliphatic heterocycles. The van der Waals surface area contributed by atoms with Crippen molar-refractivity contribution in [3.05, 3.63) is 53.9 Å². The third-order valence-electron chi connectivity index (χ3n) is 3.10. The highest BCUT2D eigenvalue weighted by Crippen LogP contribution is 2.35. The Labute approximate surface area is 121 Å². The molecule has 3 rings (SSSR count). The molecule has 21 heavy (non-hydrogen) atoms. The van der Waals surface area contributed by atoms with Gasteiger partial charge < -0.3 is 14.3 Å². The molecule has 0 amide bonds. The lowest BCUT2D eigenvalue weighted by atomic mass is 10.2. The second-order valence-electron chi connectivity index (χ2n) is 4.57. The van der Waals surface area contributed by atoms with E-state index in [0.717, 1.165) is 0 Å². The van der Waals surface area contributed by atoms with Crippen LogP contribution in [0, 0.1) is 11.3 Å². The molecule has 0 radical (unpaired) electrons. The molecule has 2 heterocycles. The molecule has 3 aromatic rings. The third kappa shape index (κ3) is 2.45. The number of aromatic nitrogens is 1. The van der Waals surface area contributed by atoms with Crippen LogP contribution in [-0.4, -0.2) is 10.1 Å². The first-order chi connectivity index (χ1) is 10.2. The summed E-state index contributed by atoms with van der Waals surface area (Å²) in [5.41, 5.74) is 1.27. The minimum Gasteiger partial charge on any atom is -0.442 e. The lowest BCUT2D eigenvalue weighted by Crippen LogP contribution is -1.94. The largest absolute Gasteiger partial charge is 0.442 e. The molecule has 2 aromatic heterocycles. The summed E-state index contributed by atoms with van der Waals surface area (Å²) < 4.78 is 11.1. The van der Waals surface area contributed by atoms with Gasteiger partial charge in [-0.25, -0.2) is 4.98 Å². The van der Waals surface area contributed by atoms with Crippen molar-refractivity contribution in [3.8, 4) is 17.7 Å². The van der Waals surface area contributed by atoms with Crippen molar-refractivity contribution in [2.45, 2.75) is 13.0 Å². The number of aliphatic hydroxyl groups excluding tert-OH is 1. The number of hydrogen-bond donors (Lipinski definition) is 1. The average Bonchev–Trinajstić information content (AvgIpc) is 2.86. The number of hydrogen-bond acceptors (Lipinski definition) is 5. The van der Waals surface area contributed by atoms with E-state index in [1.165, 1.54) is 0 Å². The predicted molar refractivity (Wildman–Crippen MR) is 75.9 cm³/mol. The van der Waals surface area contributed by atoms with Gasteiger partial charge in [-0.2, -0.15) is 5.26 Å². The van der Waals surface area contributed by atoms with Crippen LogP contribution in [0.15, 0.2) is 47.0 Å². The predicted octanol–water partition coefficient (Wildman–Crippen LogP) is 3.55. The summed E-state index contributed by atoms with van der Waals surface area (Å²) in [4.78, 5) is 4.09. The van der Waals surface area contributed by atoms with Crippen LogP contribution in [0.5, 0.6) is 11.6 Å². The Morgan fingerprint density at radius 2 is 2.14 bits per heavy atom. The fourth-order valence-corrected chi connectivity index (χ4v) is 2.04. The van der Waals surface area contributed by atoms with Crippen LogP contribution in [0.25, 0.3) is 11.0 Å². The number of para-hydroxylation sites is 1. The average molecular weight is 280 g/mol. The maximum absolute atomic E-state index is 9.59. The summed E-state index contributed by atoms with van der Waals surface area (Å²) in [6.45, 7) is 1.66. The number of rotatable bonds is 3. The lowest BCUT2D eigenvalue weighted by Gasteiger charge is -2.07. The Bertz CT molecular complexity index is 831. The molecular weight excluding hydrogens is 268 g/mol. The van der Waals surface area contributed by atoms with E-state index in [1.54, 1.807) is 31.3 Å². The Hall–Kier alpha value is -2.84. The molecule has 1 unspecified atom stereocenters. The highest BCUT2D eigenvalue weighted by atomic mass is 16.5. The molecule has 0 saturated heterocycles. The molecule has 5 heteroatoms. The number of benzene rings is 1. The van der Waals surface area contributed by atoms with Crippen LogP contribution >= 0.6 is 0 Å². The number of aliphatic hydroxyl groups is 1. The van der Waals surface area contributed by atoms with Gasteiger partial charge in [0.1, 0.15) is 11.7 Å². The fourth-order valence-electron chi connectivity index (χ4n) is 2.04. The number of fused-ring (bicyclic) bond motifs is 1. The Balaban J connectivity index is 2.06. The molecule has 0 saturated carbocycles. The van der Waals surface area contributed by atoms with Gasteiger partial charge in [0.25, 0.3) is 0 Å². The van der Waals surface area contributed by atoms with Crippen LogP contribution in [0.3, 0.4) is 0 Å². The van der Waals surface area contributed by atoms with E-state index >= 15 is 0 Å². The van der Waals surface area contributed by atoms with Crippen molar-refractivity contribution in [3.63, 3.8) is 0 Å². The summed E-state index contributed by atoms with van der Waals surface area (Å²) in [6, 6.07) is 12.6. The van der Waals surface area contributed by atoms with Gasteiger partial charge in [-0.1, -0.05) is 12.1 Å². The van der Waals surface area contributed by atoms with Gasteiger partial charge in [-0.3, -0.25) is 0 Å². The van der Waals surface area contributed by atoms with E-state index < -0.39 is 6.10 Å². The topological polar surface area (TPSA) is 79.3 Å². The lowest BCUT2D eigenvalue weighted by molar-refractivity contribution is 0.198. The van der Waals surface area contributed by atoms with Crippen molar-refractivity contribution in [1.29, 1.82) is 5.26 Å². The molecule has 0 fully saturated rings. The SMILES string of the molecule is CC(O)c1ccnc(Oc2c(C#N)oc3ccccc23)c1. The van der Waals surface area contributed by atoms with Crippen molar-refractivity contribution >= 4 is 11.0 Å². The monoisotopic (exact) mass is 280 g/mol. The molecule has 0 bridgehead atoms. The van der Waals surface area contributed by atoms with Crippen LogP contribution in [0.2, 0.25) is 0 Å². The molecule has 0 spiro atoms. The maximum atomic E-state index is 9.59. The van der Waals surface area contributed by atoms with Crippen molar-refractivity contribution in [2.24, 2.45) is 0 Å². The first kappa shape index (κ1) is 13.2. The fraction of sp³-hybridized carbons (Fsp3) is 0.125. The smallest absolute Gasteiger partial charge is 0.247 e. The number of ether oxygens (including phenoxy) is 1. The first-order valence-corrected chi connectivity index (χ1v) is 6.42. The van der Waals surface area contributed by atoms with E-state index in [0.29, 0.717) is 28.2 Å². The second-order valence-corrected chi connectivity index (χ2v) is 4.57. The Morgan fingerprint density at radius 3 is 2.90 bits per heavy atom. The van der Waals surface area contributed by atoms with Crippen molar-refractivity contribution < 1.29 is 14.3 Å². The van der Waals surface area contributed by atoms with Gasteiger partial charge in [-0.15, -0.1) is 0 Å². The van der Waals surface area contributed by atoms with E-state index in [1.807, 2.05) is 24.3 Å². The first-order valence-electron chi connectivity index (χ1n) is 6.42. The van der Waals surface area contributed by atoms with Crippen LogP contribution < -0.4 is 4.74 Å². The number of pyridine rings is 1. The summed E-state index contributed by atoms with van der Waals surface area (Å²) in [5.74, 6) is 0.736.